The molecule has 1 aliphatic heterocycles. The number of ether oxygens (including phenoxy) is 1. The van der Waals surface area contributed by atoms with Gasteiger partial charge in [0, 0.05) is 22.8 Å². The predicted molar refractivity (Wildman–Crippen MR) is 117 cm³/mol. The number of pyridine rings is 1. The second-order valence-corrected chi connectivity index (χ2v) is 8.51. The maximum absolute atomic E-state index is 13.0. The summed E-state index contributed by atoms with van der Waals surface area (Å²) in [4.78, 5) is 29.2. The SMILES string of the molecule is O=C(Nc1ccc(F)cc1)c1ccc(SCC(=O)c2cc(Br)cc3c2OCC3)nc1. The number of halogens is 2. The summed E-state index contributed by atoms with van der Waals surface area (Å²) in [7, 11) is 0. The molecule has 1 aromatic heterocycles. The summed E-state index contributed by atoms with van der Waals surface area (Å²) in [5.74, 6) is 0.123. The van der Waals surface area contributed by atoms with Crippen LogP contribution in [0.2, 0.25) is 0 Å². The lowest BCUT2D eigenvalue weighted by molar-refractivity contribution is 0.101. The number of benzene rings is 2. The standard InChI is InChI=1S/C22H16BrFN2O3S/c23-15-9-13-7-8-29-21(13)18(10-15)19(27)12-30-20-6-1-14(11-25-20)22(28)26-17-4-2-16(24)3-5-17/h1-6,9-11H,7-8,12H2,(H,26,28). The van der Waals surface area contributed by atoms with Crippen molar-refractivity contribution in [2.24, 2.45) is 0 Å². The highest BCUT2D eigenvalue weighted by Crippen LogP contribution is 2.34. The first-order valence-corrected chi connectivity index (χ1v) is 10.9. The normalized spacial score (nSPS) is 12.2. The number of fused-ring (bicyclic) bond motifs is 1. The molecule has 2 heterocycles. The van der Waals surface area contributed by atoms with Gasteiger partial charge in [-0.15, -0.1) is 0 Å². The Morgan fingerprint density at radius 1 is 1.17 bits per heavy atom. The van der Waals surface area contributed by atoms with Gasteiger partial charge in [0.2, 0.25) is 0 Å². The topological polar surface area (TPSA) is 68.3 Å². The highest BCUT2D eigenvalue weighted by Gasteiger charge is 2.22. The summed E-state index contributed by atoms with van der Waals surface area (Å²) in [6, 6.07) is 12.6. The van der Waals surface area contributed by atoms with Crippen molar-refractivity contribution >= 4 is 45.1 Å². The van der Waals surface area contributed by atoms with Gasteiger partial charge in [0.15, 0.2) is 5.78 Å². The zero-order valence-corrected chi connectivity index (χ0v) is 18.1. The van der Waals surface area contributed by atoms with Gasteiger partial charge in [-0.1, -0.05) is 27.7 Å². The van der Waals surface area contributed by atoms with Crippen molar-refractivity contribution in [2.45, 2.75) is 11.4 Å². The van der Waals surface area contributed by atoms with Crippen molar-refractivity contribution < 1.29 is 18.7 Å². The Morgan fingerprint density at radius 2 is 1.97 bits per heavy atom. The minimum atomic E-state index is -0.370. The fourth-order valence-electron chi connectivity index (χ4n) is 3.03. The molecule has 0 bridgehead atoms. The van der Waals surface area contributed by atoms with Crippen LogP contribution in [-0.4, -0.2) is 29.0 Å². The zero-order chi connectivity index (χ0) is 21.1. The number of hydrogen-bond acceptors (Lipinski definition) is 5. The van der Waals surface area contributed by atoms with E-state index in [4.69, 9.17) is 4.74 Å². The van der Waals surface area contributed by atoms with Gasteiger partial charge in [-0.2, -0.15) is 0 Å². The van der Waals surface area contributed by atoms with E-state index in [0.717, 1.165) is 16.5 Å². The molecule has 4 rings (SSSR count). The smallest absolute Gasteiger partial charge is 0.257 e. The third-order valence-corrected chi connectivity index (χ3v) is 5.90. The molecule has 0 unspecified atom stereocenters. The van der Waals surface area contributed by atoms with Crippen LogP contribution in [0.25, 0.3) is 0 Å². The summed E-state index contributed by atoms with van der Waals surface area (Å²) in [5, 5.41) is 3.31. The molecule has 5 nitrogen and oxygen atoms in total. The van der Waals surface area contributed by atoms with Crippen LogP contribution in [0.4, 0.5) is 10.1 Å². The molecular weight excluding hydrogens is 471 g/mol. The van der Waals surface area contributed by atoms with E-state index in [1.807, 2.05) is 6.07 Å². The number of rotatable bonds is 6. The van der Waals surface area contributed by atoms with Gasteiger partial charge >= 0.3 is 0 Å². The molecular formula is C22H16BrFN2O3S. The summed E-state index contributed by atoms with van der Waals surface area (Å²) in [6.45, 7) is 0.586. The van der Waals surface area contributed by atoms with Crippen molar-refractivity contribution in [1.29, 1.82) is 0 Å². The second kappa shape index (κ2) is 8.97. The van der Waals surface area contributed by atoms with Gasteiger partial charge in [0.25, 0.3) is 5.91 Å². The Balaban J connectivity index is 1.38. The van der Waals surface area contributed by atoms with Crippen molar-refractivity contribution in [1.82, 2.24) is 4.98 Å². The van der Waals surface area contributed by atoms with E-state index in [0.29, 0.717) is 34.2 Å². The van der Waals surface area contributed by atoms with E-state index in [1.165, 1.54) is 42.2 Å². The number of ketones is 1. The maximum atomic E-state index is 13.0. The highest BCUT2D eigenvalue weighted by atomic mass is 79.9. The molecule has 1 amide bonds. The average Bonchev–Trinajstić information content (AvgIpc) is 3.21. The lowest BCUT2D eigenvalue weighted by Crippen LogP contribution is -2.12. The molecule has 3 aromatic rings. The van der Waals surface area contributed by atoms with Gasteiger partial charge < -0.3 is 10.1 Å². The molecule has 1 N–H and O–H groups in total. The van der Waals surface area contributed by atoms with Gasteiger partial charge in [-0.3, -0.25) is 9.59 Å². The fraction of sp³-hybridized carbons (Fsp3) is 0.136. The number of nitrogens with zero attached hydrogens (tertiary/aromatic N) is 1. The van der Waals surface area contributed by atoms with E-state index in [2.05, 4.69) is 26.2 Å². The molecule has 0 saturated carbocycles. The first kappa shape index (κ1) is 20.6. The number of carbonyl (C=O) groups is 2. The van der Waals surface area contributed by atoms with Crippen LogP contribution >= 0.6 is 27.7 Å². The molecule has 0 saturated heterocycles. The number of carbonyl (C=O) groups excluding carboxylic acids is 2. The second-order valence-electron chi connectivity index (χ2n) is 6.60. The Kier molecular flexibility index (Phi) is 6.15. The zero-order valence-electron chi connectivity index (χ0n) is 15.7. The number of amides is 1. The quantitative estimate of drug-likeness (QED) is 0.385. The molecule has 2 aromatic carbocycles. The van der Waals surface area contributed by atoms with Gasteiger partial charge in [-0.05, 0) is 54.1 Å². The number of Topliss-reactive ketones (excluding diaryl/α,β-unsaturated/α-hetero) is 1. The molecule has 0 fully saturated rings. The molecule has 0 atom stereocenters. The number of aromatic nitrogens is 1. The van der Waals surface area contributed by atoms with Gasteiger partial charge in [-0.25, -0.2) is 9.37 Å². The van der Waals surface area contributed by atoms with Crippen molar-refractivity contribution in [3.8, 4) is 5.75 Å². The Labute approximate surface area is 185 Å². The van der Waals surface area contributed by atoms with Gasteiger partial charge in [0.05, 0.1) is 28.5 Å². The van der Waals surface area contributed by atoms with Crippen LogP contribution in [0.5, 0.6) is 5.75 Å². The monoisotopic (exact) mass is 486 g/mol. The van der Waals surface area contributed by atoms with Crippen LogP contribution in [0.3, 0.4) is 0 Å². The van der Waals surface area contributed by atoms with Crippen molar-refractivity contribution in [3.05, 3.63) is 81.7 Å². The van der Waals surface area contributed by atoms with Crippen LogP contribution in [-0.2, 0) is 6.42 Å². The number of nitrogens with one attached hydrogen (secondary N) is 1. The van der Waals surface area contributed by atoms with E-state index in [-0.39, 0.29) is 23.3 Å². The molecule has 152 valence electrons. The summed E-state index contributed by atoms with van der Waals surface area (Å²) in [5.41, 5.74) is 2.47. The number of anilines is 1. The highest BCUT2D eigenvalue weighted by molar-refractivity contribution is 9.10. The number of hydrogen-bond donors (Lipinski definition) is 1. The van der Waals surface area contributed by atoms with Crippen LogP contribution in [0.1, 0.15) is 26.3 Å². The third kappa shape index (κ3) is 4.71. The lowest BCUT2D eigenvalue weighted by atomic mass is 10.1. The minimum absolute atomic E-state index is 0.0422. The van der Waals surface area contributed by atoms with Crippen molar-refractivity contribution in [2.75, 3.05) is 17.7 Å². The summed E-state index contributed by atoms with van der Waals surface area (Å²) < 4.78 is 19.4. The molecule has 0 spiro atoms. The third-order valence-electron chi connectivity index (χ3n) is 4.50. The predicted octanol–water partition coefficient (Wildman–Crippen LogP) is 5.15. The van der Waals surface area contributed by atoms with E-state index in [9.17, 15) is 14.0 Å². The first-order valence-electron chi connectivity index (χ1n) is 9.14. The van der Waals surface area contributed by atoms with E-state index < -0.39 is 0 Å². The molecule has 0 radical (unpaired) electrons. The first-order chi connectivity index (χ1) is 14.5. The Hall–Kier alpha value is -2.71. The summed E-state index contributed by atoms with van der Waals surface area (Å²) in [6.07, 6.45) is 2.25. The largest absolute Gasteiger partial charge is 0.492 e. The molecule has 30 heavy (non-hydrogen) atoms. The lowest BCUT2D eigenvalue weighted by Gasteiger charge is -2.08. The Bertz CT molecular complexity index is 1100. The van der Waals surface area contributed by atoms with Gasteiger partial charge in [0.1, 0.15) is 11.6 Å². The number of thioether (sulfide) groups is 1. The average molecular weight is 487 g/mol. The van der Waals surface area contributed by atoms with E-state index >= 15 is 0 Å². The summed E-state index contributed by atoms with van der Waals surface area (Å²) >= 11 is 4.74. The molecule has 0 aliphatic carbocycles. The molecule has 8 heteroatoms. The Morgan fingerprint density at radius 3 is 2.70 bits per heavy atom. The van der Waals surface area contributed by atoms with Crippen LogP contribution < -0.4 is 10.1 Å². The maximum Gasteiger partial charge on any atom is 0.257 e. The van der Waals surface area contributed by atoms with Crippen molar-refractivity contribution in [3.63, 3.8) is 0 Å². The van der Waals surface area contributed by atoms with Crippen LogP contribution in [0.15, 0.2) is 64.2 Å². The molecule has 1 aliphatic rings. The minimum Gasteiger partial charge on any atom is -0.492 e. The van der Waals surface area contributed by atoms with Crippen LogP contribution in [0, 0.1) is 5.82 Å². The fourth-order valence-corrected chi connectivity index (χ4v) is 4.26. The van der Waals surface area contributed by atoms with E-state index in [1.54, 1.807) is 18.2 Å².